The monoisotopic (exact) mass is 257 g/mol. The van der Waals surface area contributed by atoms with E-state index in [9.17, 15) is 4.79 Å². The second-order valence-corrected chi connectivity index (χ2v) is 4.06. The minimum Gasteiger partial charge on any atom is -0.397 e. The van der Waals surface area contributed by atoms with Gasteiger partial charge in [0.15, 0.2) is 0 Å². The lowest BCUT2D eigenvalue weighted by molar-refractivity contribution is -0.154. The molecule has 0 aliphatic heterocycles. The average molecular weight is 258 g/mol. The number of nitrogens with one attached hydrogen (secondary N) is 1. The molecule has 0 aliphatic rings. The predicted molar refractivity (Wildman–Crippen MR) is 68.7 cm³/mol. The van der Waals surface area contributed by atoms with Crippen molar-refractivity contribution in [2.24, 2.45) is 0 Å². The number of hydrogen-bond acceptors (Lipinski definition) is 4. The van der Waals surface area contributed by atoms with Crippen molar-refractivity contribution >= 4 is 28.9 Å². The fourth-order valence-electron chi connectivity index (χ4n) is 1.21. The average Bonchev–Trinajstić information content (AvgIpc) is 2.30. The molecule has 5 nitrogen and oxygen atoms in total. The molecule has 0 aromatic heterocycles. The highest BCUT2D eigenvalue weighted by molar-refractivity contribution is 6.31. The van der Waals surface area contributed by atoms with Crippen LogP contribution in [0.2, 0.25) is 5.02 Å². The van der Waals surface area contributed by atoms with Gasteiger partial charge < -0.3 is 15.9 Å². The lowest BCUT2D eigenvalue weighted by Crippen LogP contribution is -2.38. The maximum atomic E-state index is 11.8. The molecule has 0 bridgehead atoms. The van der Waals surface area contributed by atoms with Gasteiger partial charge in [0.2, 0.25) is 5.91 Å². The number of hydrogen-bond donors (Lipinski definition) is 2. The van der Waals surface area contributed by atoms with Gasteiger partial charge in [-0.25, -0.2) is 0 Å². The van der Waals surface area contributed by atoms with Crippen molar-refractivity contribution in [2.45, 2.75) is 13.0 Å². The molecule has 1 aromatic carbocycles. The largest absolute Gasteiger partial charge is 0.397 e. The quantitative estimate of drug-likeness (QED) is 0.637. The predicted octanol–water partition coefficient (Wildman–Crippen LogP) is 1.74. The fraction of sp³-hybridized carbons (Fsp3) is 0.364. The minimum absolute atomic E-state index is 0.205. The molecule has 1 aromatic rings. The Kier molecular flexibility index (Phi) is 4.74. The van der Waals surface area contributed by atoms with E-state index in [4.69, 9.17) is 22.2 Å². The van der Waals surface area contributed by atoms with Gasteiger partial charge in [-0.1, -0.05) is 11.6 Å². The van der Waals surface area contributed by atoms with Crippen LogP contribution in [0, 0.1) is 0 Å². The summed E-state index contributed by atoms with van der Waals surface area (Å²) >= 11 is 5.77. The molecule has 0 saturated carbocycles. The van der Waals surface area contributed by atoms with Crippen molar-refractivity contribution in [2.75, 3.05) is 25.2 Å². The molecule has 3 N–H and O–H groups in total. The van der Waals surface area contributed by atoms with Gasteiger partial charge in [-0.2, -0.15) is 5.06 Å². The van der Waals surface area contributed by atoms with E-state index in [0.717, 1.165) is 0 Å². The number of carbonyl (C=O) groups is 1. The van der Waals surface area contributed by atoms with E-state index in [1.807, 2.05) is 0 Å². The topological polar surface area (TPSA) is 67.6 Å². The van der Waals surface area contributed by atoms with Crippen LogP contribution >= 0.6 is 11.6 Å². The number of nitrogens with zero attached hydrogens (tertiary/aromatic N) is 1. The van der Waals surface area contributed by atoms with Gasteiger partial charge in [0.25, 0.3) is 0 Å². The molecular formula is C11H16ClN3O2. The molecule has 1 atom stereocenters. The molecule has 0 fully saturated rings. The van der Waals surface area contributed by atoms with Crippen LogP contribution in [0.4, 0.5) is 11.4 Å². The zero-order valence-electron chi connectivity index (χ0n) is 10.0. The summed E-state index contributed by atoms with van der Waals surface area (Å²) in [5.41, 5.74) is 6.70. The minimum atomic E-state index is -0.421. The zero-order chi connectivity index (χ0) is 13.0. The second-order valence-electron chi connectivity index (χ2n) is 3.63. The molecule has 1 amide bonds. The van der Waals surface area contributed by atoms with Gasteiger partial charge in [-0.3, -0.25) is 4.79 Å². The summed E-state index contributed by atoms with van der Waals surface area (Å²) in [7, 11) is 3.18. The first kappa shape index (κ1) is 13.8. The first-order valence-corrected chi connectivity index (χ1v) is 5.46. The summed E-state index contributed by atoms with van der Waals surface area (Å²) in [4.78, 5) is 16.8. The third kappa shape index (κ3) is 3.59. The summed E-state index contributed by atoms with van der Waals surface area (Å²) < 4.78 is 0. The number of carbonyl (C=O) groups excluding carboxylic acids is 1. The summed E-state index contributed by atoms with van der Waals surface area (Å²) in [6, 6.07) is 4.49. The lowest BCUT2D eigenvalue weighted by atomic mass is 10.2. The lowest BCUT2D eigenvalue weighted by Gasteiger charge is -2.21. The van der Waals surface area contributed by atoms with Crippen molar-refractivity contribution in [3.63, 3.8) is 0 Å². The van der Waals surface area contributed by atoms with E-state index in [-0.39, 0.29) is 5.91 Å². The number of amides is 1. The first-order chi connectivity index (χ1) is 7.95. The Labute approximate surface area is 105 Å². The Hall–Kier alpha value is -1.30. The number of benzene rings is 1. The van der Waals surface area contributed by atoms with Crippen LogP contribution in [-0.4, -0.2) is 31.2 Å². The van der Waals surface area contributed by atoms with Crippen LogP contribution in [0.15, 0.2) is 18.2 Å². The molecule has 1 rings (SSSR count). The van der Waals surface area contributed by atoms with Crippen molar-refractivity contribution in [1.29, 1.82) is 0 Å². The van der Waals surface area contributed by atoms with Crippen LogP contribution in [-0.2, 0) is 9.63 Å². The first-order valence-electron chi connectivity index (χ1n) is 5.08. The smallest absolute Gasteiger partial charge is 0.243 e. The van der Waals surface area contributed by atoms with Crippen LogP contribution in [0.25, 0.3) is 0 Å². The third-order valence-electron chi connectivity index (χ3n) is 2.48. The van der Waals surface area contributed by atoms with Crippen molar-refractivity contribution in [1.82, 2.24) is 5.06 Å². The molecule has 17 heavy (non-hydrogen) atoms. The molecule has 6 heteroatoms. The van der Waals surface area contributed by atoms with Crippen molar-refractivity contribution in [3.05, 3.63) is 23.2 Å². The number of hydroxylamine groups is 2. The molecular weight excluding hydrogens is 242 g/mol. The molecule has 0 heterocycles. The summed E-state index contributed by atoms with van der Waals surface area (Å²) in [5.74, 6) is -0.205. The number of nitrogen functional groups attached to an aromatic ring is 1. The highest BCUT2D eigenvalue weighted by atomic mass is 35.5. The Morgan fingerprint density at radius 2 is 2.24 bits per heavy atom. The normalized spacial score (nSPS) is 12.5. The number of anilines is 2. The van der Waals surface area contributed by atoms with Gasteiger partial charge in [0, 0.05) is 12.1 Å². The highest BCUT2D eigenvalue weighted by Crippen LogP contribution is 2.22. The molecule has 0 saturated heterocycles. The highest BCUT2D eigenvalue weighted by Gasteiger charge is 2.18. The van der Waals surface area contributed by atoms with Gasteiger partial charge >= 0.3 is 0 Å². The maximum absolute atomic E-state index is 11.8. The standard InChI is InChI=1S/C11H16ClN3O2/c1-7(15(2)17-3)11(16)14-10-5-4-8(12)6-9(10)13/h4-7H,13H2,1-3H3,(H,14,16). The van der Waals surface area contributed by atoms with Gasteiger partial charge in [0.05, 0.1) is 18.5 Å². The molecule has 0 aliphatic carbocycles. The molecule has 1 unspecified atom stereocenters. The number of rotatable bonds is 4. The summed E-state index contributed by atoms with van der Waals surface area (Å²) in [5, 5.41) is 4.68. The Bertz CT molecular complexity index is 412. The Balaban J connectivity index is 2.74. The van der Waals surface area contributed by atoms with Gasteiger partial charge in [0.1, 0.15) is 6.04 Å². The van der Waals surface area contributed by atoms with E-state index in [2.05, 4.69) is 5.32 Å². The summed E-state index contributed by atoms with van der Waals surface area (Å²) in [6.45, 7) is 1.73. The van der Waals surface area contributed by atoms with Crippen molar-refractivity contribution in [3.8, 4) is 0 Å². The number of halogens is 1. The van der Waals surface area contributed by atoms with Crippen LogP contribution < -0.4 is 11.1 Å². The van der Waals surface area contributed by atoms with Crippen LogP contribution in [0.5, 0.6) is 0 Å². The molecule has 94 valence electrons. The SMILES string of the molecule is CON(C)C(C)C(=O)Nc1ccc(Cl)cc1N. The maximum Gasteiger partial charge on any atom is 0.243 e. The zero-order valence-corrected chi connectivity index (χ0v) is 10.8. The van der Waals surface area contributed by atoms with Gasteiger partial charge in [-0.05, 0) is 25.1 Å². The number of nitrogens with two attached hydrogens (primary N) is 1. The van der Waals surface area contributed by atoms with Crippen molar-refractivity contribution < 1.29 is 9.63 Å². The van der Waals surface area contributed by atoms with E-state index in [1.54, 1.807) is 32.2 Å². The van der Waals surface area contributed by atoms with Gasteiger partial charge in [-0.15, -0.1) is 0 Å². The van der Waals surface area contributed by atoms with E-state index in [1.165, 1.54) is 12.2 Å². The third-order valence-corrected chi connectivity index (χ3v) is 2.72. The van der Waals surface area contributed by atoms with E-state index in [0.29, 0.717) is 16.4 Å². The Morgan fingerprint density at radius 1 is 1.59 bits per heavy atom. The molecule has 0 radical (unpaired) electrons. The molecule has 0 spiro atoms. The second kappa shape index (κ2) is 5.86. The van der Waals surface area contributed by atoms with Crippen LogP contribution in [0.3, 0.4) is 0 Å². The fourth-order valence-corrected chi connectivity index (χ4v) is 1.39. The Morgan fingerprint density at radius 3 is 2.76 bits per heavy atom. The summed E-state index contributed by atoms with van der Waals surface area (Å²) in [6.07, 6.45) is 0. The van der Waals surface area contributed by atoms with Crippen LogP contribution in [0.1, 0.15) is 6.92 Å². The van der Waals surface area contributed by atoms with E-state index < -0.39 is 6.04 Å². The van der Waals surface area contributed by atoms with E-state index >= 15 is 0 Å². The number of likely N-dealkylation sites (N-methyl/N-ethyl adjacent to an activating group) is 1.